The lowest BCUT2D eigenvalue weighted by molar-refractivity contribution is -0.135. The molecule has 0 aliphatic rings. The van der Waals surface area contributed by atoms with Crippen LogP contribution in [0.15, 0.2) is 0 Å². The zero-order chi connectivity index (χ0) is 12.8. The lowest BCUT2D eigenvalue weighted by atomic mass is 10.1. The topological polar surface area (TPSA) is 49.4 Å². The highest BCUT2D eigenvalue weighted by atomic mass is 16.2. The van der Waals surface area contributed by atoms with Gasteiger partial charge in [-0.25, -0.2) is 0 Å². The van der Waals surface area contributed by atoms with E-state index < -0.39 is 0 Å². The minimum Gasteiger partial charge on any atom is -0.351 e. The van der Waals surface area contributed by atoms with E-state index in [4.69, 9.17) is 0 Å². The van der Waals surface area contributed by atoms with Gasteiger partial charge < -0.3 is 10.2 Å². The van der Waals surface area contributed by atoms with Gasteiger partial charge >= 0.3 is 0 Å². The van der Waals surface area contributed by atoms with Gasteiger partial charge in [0.2, 0.25) is 11.8 Å². The van der Waals surface area contributed by atoms with Gasteiger partial charge in [0.25, 0.3) is 0 Å². The second-order valence-electron chi connectivity index (χ2n) is 5.14. The van der Waals surface area contributed by atoms with Crippen molar-refractivity contribution in [1.82, 2.24) is 10.2 Å². The van der Waals surface area contributed by atoms with Gasteiger partial charge in [-0.2, -0.15) is 0 Å². The van der Waals surface area contributed by atoms with Crippen LogP contribution in [0.4, 0.5) is 0 Å². The molecule has 0 saturated carbocycles. The molecule has 0 bridgehead atoms. The number of hydrogen-bond acceptors (Lipinski definition) is 2. The van der Waals surface area contributed by atoms with E-state index in [1.165, 1.54) is 0 Å². The first kappa shape index (κ1) is 14.9. The number of unbranched alkanes of at least 4 members (excludes halogenated alkanes) is 1. The van der Waals surface area contributed by atoms with E-state index >= 15 is 0 Å². The Morgan fingerprint density at radius 2 is 1.81 bits per heavy atom. The third-order valence-corrected chi connectivity index (χ3v) is 2.10. The molecule has 0 spiro atoms. The molecule has 0 rings (SSSR count). The van der Waals surface area contributed by atoms with Crippen LogP contribution >= 0.6 is 0 Å². The van der Waals surface area contributed by atoms with Crippen LogP contribution in [-0.2, 0) is 9.59 Å². The molecule has 0 fully saturated rings. The molecule has 0 radical (unpaired) electrons. The molecular formula is C12H24N2O2. The Morgan fingerprint density at radius 1 is 1.25 bits per heavy atom. The lowest BCUT2D eigenvalue weighted by Crippen LogP contribution is -2.43. The number of nitrogens with zero attached hydrogens (tertiary/aromatic N) is 1. The molecule has 0 heterocycles. The Bertz CT molecular complexity index is 244. The first-order valence-corrected chi connectivity index (χ1v) is 5.81. The Hall–Kier alpha value is -1.06. The summed E-state index contributed by atoms with van der Waals surface area (Å²) in [5, 5.41) is 2.77. The maximum Gasteiger partial charge on any atom is 0.231 e. The van der Waals surface area contributed by atoms with Crippen molar-refractivity contribution in [3.63, 3.8) is 0 Å². The molecule has 0 unspecified atom stereocenters. The fraction of sp³-hybridized carbons (Fsp3) is 0.833. The quantitative estimate of drug-likeness (QED) is 0.726. The van der Waals surface area contributed by atoms with E-state index in [0.29, 0.717) is 0 Å². The number of carbonyl (C=O) groups excluding carboxylic acids is 2. The highest BCUT2D eigenvalue weighted by molar-refractivity contribution is 5.97. The predicted octanol–water partition coefficient (Wildman–Crippen LogP) is 1.55. The van der Waals surface area contributed by atoms with Crippen LogP contribution in [0, 0.1) is 0 Å². The Labute approximate surface area is 98.4 Å². The third-order valence-electron chi connectivity index (χ3n) is 2.10. The van der Waals surface area contributed by atoms with Crippen LogP contribution in [0.1, 0.15) is 47.0 Å². The Kier molecular flexibility index (Phi) is 6.08. The van der Waals surface area contributed by atoms with Crippen LogP contribution in [0.25, 0.3) is 0 Å². The second-order valence-corrected chi connectivity index (χ2v) is 5.14. The van der Waals surface area contributed by atoms with Crippen molar-refractivity contribution in [2.75, 3.05) is 13.6 Å². The molecule has 1 N–H and O–H groups in total. The summed E-state index contributed by atoms with van der Waals surface area (Å²) in [6.45, 7) is 8.49. The fourth-order valence-corrected chi connectivity index (χ4v) is 1.25. The minimum absolute atomic E-state index is 0.0581. The standard InChI is InChI=1S/C12H24N2O2/c1-6-7-8-14(5)11(16)9-10(15)13-12(2,3)4/h6-9H2,1-5H3,(H,13,15). The summed E-state index contributed by atoms with van der Waals surface area (Å²) >= 11 is 0. The van der Waals surface area contributed by atoms with Crippen LogP contribution in [0.3, 0.4) is 0 Å². The van der Waals surface area contributed by atoms with Crippen molar-refractivity contribution >= 4 is 11.8 Å². The van der Waals surface area contributed by atoms with E-state index in [1.54, 1.807) is 11.9 Å². The van der Waals surface area contributed by atoms with Crippen LogP contribution < -0.4 is 5.32 Å². The van der Waals surface area contributed by atoms with Crippen molar-refractivity contribution in [2.45, 2.75) is 52.5 Å². The molecule has 0 aliphatic carbocycles. The van der Waals surface area contributed by atoms with Crippen molar-refractivity contribution in [3.8, 4) is 0 Å². The number of hydrogen-bond donors (Lipinski definition) is 1. The van der Waals surface area contributed by atoms with Gasteiger partial charge in [0, 0.05) is 19.1 Å². The van der Waals surface area contributed by atoms with E-state index in [1.807, 2.05) is 20.8 Å². The lowest BCUT2D eigenvalue weighted by Gasteiger charge is -2.22. The summed E-state index contributed by atoms with van der Waals surface area (Å²) in [4.78, 5) is 24.7. The maximum atomic E-state index is 11.6. The second kappa shape index (κ2) is 6.51. The molecule has 0 aliphatic heterocycles. The number of amides is 2. The molecule has 4 nitrogen and oxygen atoms in total. The molecule has 0 aromatic heterocycles. The third kappa shape index (κ3) is 7.26. The van der Waals surface area contributed by atoms with Gasteiger partial charge in [-0.05, 0) is 27.2 Å². The summed E-state index contributed by atoms with van der Waals surface area (Å²) < 4.78 is 0. The highest BCUT2D eigenvalue weighted by Gasteiger charge is 2.18. The fourth-order valence-electron chi connectivity index (χ4n) is 1.25. The van der Waals surface area contributed by atoms with E-state index in [9.17, 15) is 9.59 Å². The molecule has 0 aromatic rings. The van der Waals surface area contributed by atoms with E-state index in [2.05, 4.69) is 12.2 Å². The van der Waals surface area contributed by atoms with Crippen molar-refractivity contribution in [1.29, 1.82) is 0 Å². The number of nitrogens with one attached hydrogen (secondary N) is 1. The zero-order valence-electron chi connectivity index (χ0n) is 11.1. The monoisotopic (exact) mass is 228 g/mol. The molecule has 2 amide bonds. The molecule has 0 atom stereocenters. The van der Waals surface area contributed by atoms with Crippen molar-refractivity contribution in [3.05, 3.63) is 0 Å². The summed E-state index contributed by atoms with van der Waals surface area (Å²) in [5.74, 6) is -0.323. The first-order valence-electron chi connectivity index (χ1n) is 5.81. The normalized spacial score (nSPS) is 11.1. The van der Waals surface area contributed by atoms with Crippen LogP contribution in [0.2, 0.25) is 0 Å². The predicted molar refractivity (Wildman–Crippen MR) is 65.1 cm³/mol. The van der Waals surface area contributed by atoms with Crippen molar-refractivity contribution in [2.24, 2.45) is 0 Å². The van der Waals surface area contributed by atoms with Crippen LogP contribution in [-0.4, -0.2) is 35.8 Å². The first-order chi connectivity index (χ1) is 7.26. The van der Waals surface area contributed by atoms with Gasteiger partial charge in [-0.1, -0.05) is 13.3 Å². The highest BCUT2D eigenvalue weighted by Crippen LogP contribution is 2.01. The van der Waals surface area contributed by atoms with Gasteiger partial charge in [-0.3, -0.25) is 9.59 Å². The minimum atomic E-state index is -0.278. The van der Waals surface area contributed by atoms with E-state index in [-0.39, 0.29) is 23.8 Å². The maximum absolute atomic E-state index is 11.6. The smallest absolute Gasteiger partial charge is 0.231 e. The summed E-state index contributed by atoms with van der Waals surface area (Å²) in [5.41, 5.74) is -0.278. The summed E-state index contributed by atoms with van der Waals surface area (Å²) in [7, 11) is 1.74. The van der Waals surface area contributed by atoms with Crippen molar-refractivity contribution < 1.29 is 9.59 Å². The Morgan fingerprint density at radius 3 is 2.25 bits per heavy atom. The number of rotatable bonds is 5. The van der Waals surface area contributed by atoms with Crippen LogP contribution in [0.5, 0.6) is 0 Å². The molecule has 0 saturated heterocycles. The average molecular weight is 228 g/mol. The Balaban J connectivity index is 3.99. The SMILES string of the molecule is CCCCN(C)C(=O)CC(=O)NC(C)(C)C. The van der Waals surface area contributed by atoms with Gasteiger partial charge in [-0.15, -0.1) is 0 Å². The van der Waals surface area contributed by atoms with Gasteiger partial charge in [0.1, 0.15) is 6.42 Å². The number of carbonyl (C=O) groups is 2. The average Bonchev–Trinajstić information content (AvgIpc) is 2.10. The molecule has 0 aromatic carbocycles. The molecule has 4 heteroatoms. The summed E-state index contributed by atoms with van der Waals surface area (Å²) in [6.07, 6.45) is 1.96. The largest absolute Gasteiger partial charge is 0.351 e. The molecule has 16 heavy (non-hydrogen) atoms. The zero-order valence-corrected chi connectivity index (χ0v) is 11.1. The molecular weight excluding hydrogens is 204 g/mol. The van der Waals surface area contributed by atoms with Gasteiger partial charge in [0.05, 0.1) is 0 Å². The van der Waals surface area contributed by atoms with E-state index in [0.717, 1.165) is 19.4 Å². The van der Waals surface area contributed by atoms with Gasteiger partial charge in [0.15, 0.2) is 0 Å². The summed E-state index contributed by atoms with van der Waals surface area (Å²) in [6, 6.07) is 0. The molecule has 94 valence electrons.